The van der Waals surface area contributed by atoms with Crippen molar-refractivity contribution in [3.05, 3.63) is 29.8 Å². The number of nitrogens with zero attached hydrogens (tertiary/aromatic N) is 1. The monoisotopic (exact) mass is 308 g/mol. The number of carbonyl (C=O) groups excluding carboxylic acids is 1. The second-order valence-electron chi connectivity index (χ2n) is 4.46. The largest absolute Gasteiger partial charge is 0.384 e. The third kappa shape index (κ3) is 3.61. The fourth-order valence-electron chi connectivity index (χ4n) is 2.06. The molecule has 0 unspecified atom stereocenters. The van der Waals surface area contributed by atoms with E-state index in [1.807, 2.05) is 0 Å². The summed E-state index contributed by atoms with van der Waals surface area (Å²) in [4.78, 5) is 11.4. The highest BCUT2D eigenvalue weighted by Crippen LogP contribution is 2.20. The molecule has 0 spiro atoms. The summed E-state index contributed by atoms with van der Waals surface area (Å²) in [5.74, 6) is 4.95. The first-order chi connectivity index (χ1) is 10.1. The third-order valence-electron chi connectivity index (χ3n) is 3.08. The molecule has 0 aromatic heterocycles. The van der Waals surface area contributed by atoms with Crippen LogP contribution in [-0.4, -0.2) is 50.0 Å². The van der Waals surface area contributed by atoms with E-state index in [2.05, 4.69) is 17.2 Å². The van der Waals surface area contributed by atoms with Crippen LogP contribution >= 0.6 is 0 Å². The van der Waals surface area contributed by atoms with Gasteiger partial charge in [-0.05, 0) is 12.1 Å². The van der Waals surface area contributed by atoms with Crippen molar-refractivity contribution in [1.29, 1.82) is 0 Å². The number of rotatable bonds is 2. The molecule has 0 atom stereocenters. The molecule has 112 valence electrons. The van der Waals surface area contributed by atoms with Gasteiger partial charge in [0.25, 0.3) is 0 Å². The number of hydrogen-bond acceptors (Lipinski definition) is 4. The minimum atomic E-state index is -3.71. The molecule has 2 N–H and O–H groups in total. The summed E-state index contributed by atoms with van der Waals surface area (Å²) in [6.07, 6.45) is 0.143. The Labute approximate surface area is 123 Å². The number of sulfonamides is 1. The molecule has 0 saturated carbocycles. The van der Waals surface area contributed by atoms with Crippen LogP contribution in [-0.2, 0) is 14.8 Å². The zero-order valence-corrected chi connectivity index (χ0v) is 12.2. The molecule has 0 radical (unpaired) electrons. The normalized spacial score (nSPS) is 16.5. The molecule has 1 aromatic rings. The summed E-state index contributed by atoms with van der Waals surface area (Å²) < 4.78 is 26.7. The van der Waals surface area contributed by atoms with Crippen molar-refractivity contribution in [2.45, 2.75) is 11.3 Å². The molecule has 1 aliphatic heterocycles. The number of benzene rings is 1. The highest BCUT2D eigenvalue weighted by atomic mass is 32.2. The van der Waals surface area contributed by atoms with Crippen molar-refractivity contribution in [3.63, 3.8) is 0 Å². The predicted molar refractivity (Wildman–Crippen MR) is 76.8 cm³/mol. The summed E-state index contributed by atoms with van der Waals surface area (Å²) in [7, 11) is -3.71. The van der Waals surface area contributed by atoms with Gasteiger partial charge in [0.05, 0.1) is 4.90 Å². The molecule has 2 rings (SSSR count). The van der Waals surface area contributed by atoms with Crippen LogP contribution in [0.25, 0.3) is 0 Å². The standard InChI is InChI=1S/C14H16N2O4S/c17-11-3-5-12-4-1-2-6-13(12)21(19,20)16-9-7-14(18)15-8-10-16/h1-2,4,6,17H,7-11H2,(H,15,18). The van der Waals surface area contributed by atoms with Crippen LogP contribution in [0.1, 0.15) is 12.0 Å². The second-order valence-corrected chi connectivity index (χ2v) is 6.37. The van der Waals surface area contributed by atoms with Gasteiger partial charge in [-0.15, -0.1) is 0 Å². The fraction of sp³-hybridized carbons (Fsp3) is 0.357. The van der Waals surface area contributed by atoms with Crippen LogP contribution in [0.2, 0.25) is 0 Å². The topological polar surface area (TPSA) is 86.7 Å². The van der Waals surface area contributed by atoms with E-state index in [1.54, 1.807) is 18.2 Å². The lowest BCUT2D eigenvalue weighted by molar-refractivity contribution is -0.120. The molecule has 7 heteroatoms. The molecule has 0 bridgehead atoms. The number of aliphatic hydroxyl groups excluding tert-OH is 1. The van der Waals surface area contributed by atoms with E-state index in [1.165, 1.54) is 10.4 Å². The van der Waals surface area contributed by atoms with E-state index in [9.17, 15) is 13.2 Å². The zero-order valence-electron chi connectivity index (χ0n) is 11.4. The first-order valence-electron chi connectivity index (χ1n) is 6.51. The van der Waals surface area contributed by atoms with Crippen LogP contribution < -0.4 is 5.32 Å². The Kier molecular flexibility index (Phi) is 4.96. The number of aliphatic hydroxyl groups is 1. The van der Waals surface area contributed by atoms with Crippen molar-refractivity contribution < 1.29 is 18.3 Å². The smallest absolute Gasteiger partial charge is 0.244 e. The maximum atomic E-state index is 12.7. The van der Waals surface area contributed by atoms with E-state index in [0.717, 1.165) is 0 Å². The Balaban J connectivity index is 2.37. The number of nitrogens with one attached hydrogen (secondary N) is 1. The summed E-state index contributed by atoms with van der Waals surface area (Å²) in [5.41, 5.74) is 0.343. The first kappa shape index (κ1) is 15.5. The SMILES string of the molecule is O=C1CCN(S(=O)(=O)c2ccccc2C#CCO)CCN1. The van der Waals surface area contributed by atoms with Crippen LogP contribution in [0.15, 0.2) is 29.2 Å². The van der Waals surface area contributed by atoms with Gasteiger partial charge in [0.15, 0.2) is 0 Å². The third-order valence-corrected chi connectivity index (χ3v) is 5.04. The van der Waals surface area contributed by atoms with Gasteiger partial charge in [-0.1, -0.05) is 24.0 Å². The van der Waals surface area contributed by atoms with Gasteiger partial charge in [-0.3, -0.25) is 4.79 Å². The van der Waals surface area contributed by atoms with Gasteiger partial charge < -0.3 is 10.4 Å². The first-order valence-corrected chi connectivity index (χ1v) is 7.95. The fourth-order valence-corrected chi connectivity index (χ4v) is 3.64. The average Bonchev–Trinajstić information content (AvgIpc) is 2.70. The molecular formula is C14H16N2O4S. The quantitative estimate of drug-likeness (QED) is 0.724. The van der Waals surface area contributed by atoms with Crippen molar-refractivity contribution in [2.75, 3.05) is 26.2 Å². The van der Waals surface area contributed by atoms with E-state index >= 15 is 0 Å². The molecule has 1 aromatic carbocycles. The van der Waals surface area contributed by atoms with Gasteiger partial charge in [-0.2, -0.15) is 4.31 Å². The Morgan fingerprint density at radius 1 is 1.29 bits per heavy atom. The molecule has 1 saturated heterocycles. The predicted octanol–water partition coefficient (Wildman–Crippen LogP) is -0.459. The zero-order chi connectivity index (χ0) is 15.3. The molecule has 1 fully saturated rings. The van der Waals surface area contributed by atoms with E-state index in [-0.39, 0.29) is 36.9 Å². The van der Waals surface area contributed by atoms with Gasteiger partial charge in [0, 0.05) is 31.6 Å². The van der Waals surface area contributed by atoms with Gasteiger partial charge in [0.1, 0.15) is 6.61 Å². The molecule has 1 heterocycles. The Hall–Kier alpha value is -1.88. The molecule has 0 aliphatic carbocycles. The molecule has 21 heavy (non-hydrogen) atoms. The minimum Gasteiger partial charge on any atom is -0.384 e. The van der Waals surface area contributed by atoms with Crippen LogP contribution in [0.4, 0.5) is 0 Å². The van der Waals surface area contributed by atoms with Crippen LogP contribution in [0, 0.1) is 11.8 Å². The highest BCUT2D eigenvalue weighted by molar-refractivity contribution is 7.89. The summed E-state index contributed by atoms with van der Waals surface area (Å²) in [6, 6.07) is 6.39. The highest BCUT2D eigenvalue weighted by Gasteiger charge is 2.28. The number of carbonyl (C=O) groups is 1. The Morgan fingerprint density at radius 2 is 2.05 bits per heavy atom. The molecular weight excluding hydrogens is 292 g/mol. The average molecular weight is 308 g/mol. The van der Waals surface area contributed by atoms with Crippen LogP contribution in [0.3, 0.4) is 0 Å². The van der Waals surface area contributed by atoms with Gasteiger partial charge >= 0.3 is 0 Å². The lowest BCUT2D eigenvalue weighted by Gasteiger charge is -2.20. The van der Waals surface area contributed by atoms with E-state index < -0.39 is 10.0 Å². The molecule has 1 aliphatic rings. The summed E-state index contributed by atoms with van der Waals surface area (Å²) in [5, 5.41) is 11.4. The number of hydrogen-bond donors (Lipinski definition) is 2. The van der Waals surface area contributed by atoms with Crippen molar-refractivity contribution in [2.24, 2.45) is 0 Å². The summed E-state index contributed by atoms with van der Waals surface area (Å²) in [6.45, 7) is 0.338. The van der Waals surface area contributed by atoms with Gasteiger partial charge in [0.2, 0.25) is 15.9 Å². The lowest BCUT2D eigenvalue weighted by atomic mass is 10.2. The second kappa shape index (κ2) is 6.72. The Morgan fingerprint density at radius 3 is 2.81 bits per heavy atom. The summed E-state index contributed by atoms with van der Waals surface area (Å²) >= 11 is 0. The minimum absolute atomic E-state index is 0.0975. The Bertz CT molecular complexity index is 688. The van der Waals surface area contributed by atoms with Crippen molar-refractivity contribution >= 4 is 15.9 Å². The maximum Gasteiger partial charge on any atom is 0.244 e. The van der Waals surface area contributed by atoms with Crippen molar-refractivity contribution in [3.8, 4) is 11.8 Å². The lowest BCUT2D eigenvalue weighted by Crippen LogP contribution is -2.34. The van der Waals surface area contributed by atoms with Gasteiger partial charge in [-0.25, -0.2) is 8.42 Å². The van der Waals surface area contributed by atoms with Crippen molar-refractivity contribution in [1.82, 2.24) is 9.62 Å². The number of amides is 1. The molecule has 1 amide bonds. The molecule has 6 nitrogen and oxygen atoms in total. The van der Waals surface area contributed by atoms with E-state index in [4.69, 9.17) is 5.11 Å². The van der Waals surface area contributed by atoms with E-state index in [0.29, 0.717) is 12.1 Å². The van der Waals surface area contributed by atoms with Crippen LogP contribution in [0.5, 0.6) is 0 Å². The maximum absolute atomic E-state index is 12.7.